The van der Waals surface area contributed by atoms with Gasteiger partial charge in [0.25, 0.3) is 0 Å². The molecule has 9 heteroatoms. The lowest BCUT2D eigenvalue weighted by Gasteiger charge is -2.13. The number of carbonyl (C=O) groups excluding carboxylic acids is 1. The zero-order chi connectivity index (χ0) is 42.2. The summed E-state index contributed by atoms with van der Waals surface area (Å²) in [5.41, 5.74) is 5.67. The fourth-order valence-electron chi connectivity index (χ4n) is 3.60. The Balaban J connectivity index is -0.000000167. The lowest BCUT2D eigenvalue weighted by Crippen LogP contribution is -2.25. The van der Waals surface area contributed by atoms with Crippen molar-refractivity contribution in [3.05, 3.63) is 34.6 Å². The standard InChI is InChI=1S/C8H12.C6H16N2.C6H10O.C5H10N2O.C5H10N2.C4H10O.2C4H10.C2H6/c1-7-3-5-8(2)6-4-7;1-7(2)5-6-8(3)4;1-5-3-4-7-6(5)2;1-6-3-4-7(2)5(6)8;1-5-3-4-7(2)6-5;1-3-4-5-2;2*1-3-4-2;1-2/h3,5H,4,6H2,1-2H3;5-6H2,1-4H3;3-4H2,1-2H3;3-4H2,1-2H3;3-4H2,1-2H3;3-4H2,1-2H3;2*3-4H2,1-2H3;1-2H3. The maximum atomic E-state index is 10.8. The number of hydrogen-bond donors (Lipinski definition) is 0. The summed E-state index contributed by atoms with van der Waals surface area (Å²) in [6, 6.07) is 0.130. The third-order valence-electron chi connectivity index (χ3n) is 7.93. The number of allylic oxidation sites excluding steroid dienone is 5. The van der Waals surface area contributed by atoms with Crippen LogP contribution < -0.4 is 0 Å². The molecule has 4 aliphatic rings. The van der Waals surface area contributed by atoms with Crippen LogP contribution in [0, 0.1) is 0 Å². The maximum Gasteiger partial charge on any atom is 0.319 e. The molecule has 3 heterocycles. The van der Waals surface area contributed by atoms with Gasteiger partial charge in [-0.05, 0) is 87.6 Å². The van der Waals surface area contributed by atoms with Crippen LogP contribution in [-0.4, -0.2) is 139 Å². The van der Waals surface area contributed by atoms with Crippen molar-refractivity contribution in [3.63, 3.8) is 0 Å². The molecule has 2 amide bonds. The fourth-order valence-corrected chi connectivity index (χ4v) is 3.60. The second-order valence-electron chi connectivity index (χ2n) is 14.2. The largest absolute Gasteiger partial charge is 0.498 e. The zero-order valence-corrected chi connectivity index (χ0v) is 39.4. The molecule has 0 aromatic carbocycles. The minimum Gasteiger partial charge on any atom is -0.498 e. The molecule has 0 unspecified atom stereocenters. The Morgan fingerprint density at radius 2 is 1.09 bits per heavy atom. The van der Waals surface area contributed by atoms with Gasteiger partial charge in [0, 0.05) is 86.1 Å². The van der Waals surface area contributed by atoms with Crippen LogP contribution in [0.2, 0.25) is 0 Å². The van der Waals surface area contributed by atoms with E-state index in [2.05, 4.69) is 118 Å². The van der Waals surface area contributed by atoms with Gasteiger partial charge < -0.3 is 29.1 Å². The first-order chi connectivity index (χ1) is 25.0. The lowest BCUT2D eigenvalue weighted by atomic mass is 10.0. The summed E-state index contributed by atoms with van der Waals surface area (Å²) < 4.78 is 9.84. The first-order valence-corrected chi connectivity index (χ1v) is 20.6. The van der Waals surface area contributed by atoms with E-state index in [9.17, 15) is 4.79 Å². The van der Waals surface area contributed by atoms with Gasteiger partial charge in [0.05, 0.1) is 12.4 Å². The van der Waals surface area contributed by atoms with Gasteiger partial charge in [-0.3, -0.25) is 5.01 Å². The van der Waals surface area contributed by atoms with Crippen molar-refractivity contribution in [2.45, 2.75) is 141 Å². The van der Waals surface area contributed by atoms with Crippen LogP contribution in [-0.2, 0) is 9.47 Å². The smallest absolute Gasteiger partial charge is 0.319 e. The van der Waals surface area contributed by atoms with Crippen molar-refractivity contribution < 1.29 is 14.3 Å². The summed E-state index contributed by atoms with van der Waals surface area (Å²) in [6.07, 6.45) is 15.6. The van der Waals surface area contributed by atoms with Crippen molar-refractivity contribution in [1.82, 2.24) is 24.6 Å². The molecule has 0 bridgehead atoms. The number of carbonyl (C=O) groups is 1. The Hall–Kier alpha value is -2.36. The maximum absolute atomic E-state index is 10.8. The second kappa shape index (κ2) is 44.0. The van der Waals surface area contributed by atoms with Gasteiger partial charge >= 0.3 is 6.03 Å². The fraction of sp³-hybridized carbons (Fsp3) is 0.818. The minimum absolute atomic E-state index is 0.130. The topological polar surface area (TPSA) is 64.1 Å². The van der Waals surface area contributed by atoms with Crippen LogP contribution in [0.4, 0.5) is 4.79 Å². The molecule has 0 saturated carbocycles. The number of unbranched alkanes of at least 4 members (excludes halogenated alkanes) is 2. The number of hydrogen-bond acceptors (Lipinski definition) is 7. The Labute approximate surface area is 332 Å². The Morgan fingerprint density at radius 1 is 0.679 bits per heavy atom. The Kier molecular flexibility index (Phi) is 49.8. The molecule has 318 valence electrons. The quantitative estimate of drug-likeness (QED) is 0.258. The number of hydrazone groups is 1. The van der Waals surface area contributed by atoms with Gasteiger partial charge in [-0.1, -0.05) is 97.4 Å². The van der Waals surface area contributed by atoms with Crippen molar-refractivity contribution in [3.8, 4) is 0 Å². The predicted octanol–water partition coefficient (Wildman–Crippen LogP) is 10.8. The van der Waals surface area contributed by atoms with E-state index in [1.54, 1.807) is 16.9 Å². The van der Waals surface area contributed by atoms with Crippen molar-refractivity contribution in [1.29, 1.82) is 0 Å². The van der Waals surface area contributed by atoms with E-state index in [1.165, 1.54) is 61.0 Å². The molecular formula is C44H94N6O3. The first kappa shape index (κ1) is 59.9. The van der Waals surface area contributed by atoms with Crippen LogP contribution in [0.25, 0.3) is 0 Å². The van der Waals surface area contributed by atoms with Gasteiger partial charge in [-0.25, -0.2) is 4.79 Å². The third-order valence-corrected chi connectivity index (χ3v) is 7.93. The van der Waals surface area contributed by atoms with Gasteiger partial charge in [-0.2, -0.15) is 5.10 Å². The van der Waals surface area contributed by atoms with E-state index in [0.29, 0.717) is 0 Å². The molecule has 9 nitrogen and oxygen atoms in total. The SMILES string of the molecule is CC.CC1=C(C)OCC1.CC1=CC=C(C)CC1.CC1=NN(C)CC1.CCCC.CCCC.CCCOC.CN(C)CCN(C)C.CN1CCN(C)C1=O. The molecule has 3 aliphatic heterocycles. The Morgan fingerprint density at radius 3 is 1.21 bits per heavy atom. The molecular weight excluding hydrogens is 661 g/mol. The van der Waals surface area contributed by atoms with Gasteiger partial charge in [0.2, 0.25) is 0 Å². The highest BCUT2D eigenvalue weighted by atomic mass is 16.5. The van der Waals surface area contributed by atoms with E-state index < -0.39 is 0 Å². The summed E-state index contributed by atoms with van der Waals surface area (Å²) in [7, 11) is 15.7. The summed E-state index contributed by atoms with van der Waals surface area (Å²) in [4.78, 5) is 18.5. The number of ether oxygens (including phenoxy) is 2. The van der Waals surface area contributed by atoms with Crippen LogP contribution in [0.5, 0.6) is 0 Å². The highest BCUT2D eigenvalue weighted by Crippen LogP contribution is 2.16. The monoisotopic (exact) mass is 755 g/mol. The average molecular weight is 755 g/mol. The molecule has 1 fully saturated rings. The molecule has 0 radical (unpaired) electrons. The second-order valence-corrected chi connectivity index (χ2v) is 14.2. The van der Waals surface area contributed by atoms with Crippen molar-refractivity contribution in [2.75, 3.05) is 102 Å². The molecule has 0 spiro atoms. The highest BCUT2D eigenvalue weighted by molar-refractivity contribution is 5.82. The van der Waals surface area contributed by atoms with E-state index in [1.807, 2.05) is 46.9 Å². The highest BCUT2D eigenvalue weighted by Gasteiger charge is 2.20. The van der Waals surface area contributed by atoms with E-state index in [-0.39, 0.29) is 6.03 Å². The average Bonchev–Trinajstić information content (AvgIpc) is 3.81. The van der Waals surface area contributed by atoms with Crippen LogP contribution >= 0.6 is 0 Å². The summed E-state index contributed by atoms with van der Waals surface area (Å²) in [5.74, 6) is 1.12. The summed E-state index contributed by atoms with van der Waals surface area (Å²) in [5, 5.41) is 6.11. The molecule has 0 aromatic rings. The number of likely N-dealkylation sites (N-methyl/N-ethyl adjacent to an activating group) is 4. The van der Waals surface area contributed by atoms with Gasteiger partial charge in [0.1, 0.15) is 0 Å². The van der Waals surface area contributed by atoms with Crippen LogP contribution in [0.15, 0.2) is 39.7 Å². The van der Waals surface area contributed by atoms with Crippen LogP contribution in [0.1, 0.15) is 141 Å². The predicted molar refractivity (Wildman–Crippen MR) is 238 cm³/mol. The number of methoxy groups -OCH3 is 1. The molecule has 4 rings (SSSR count). The molecule has 53 heavy (non-hydrogen) atoms. The number of nitrogens with zero attached hydrogens (tertiary/aromatic N) is 6. The van der Waals surface area contributed by atoms with Gasteiger partial charge in [0.15, 0.2) is 0 Å². The molecule has 1 aliphatic carbocycles. The summed E-state index contributed by atoms with van der Waals surface area (Å²) >= 11 is 0. The number of urea groups is 1. The number of rotatable bonds is 7. The van der Waals surface area contributed by atoms with Gasteiger partial charge in [-0.15, -0.1) is 0 Å². The summed E-state index contributed by atoms with van der Waals surface area (Å²) in [6.45, 7) is 32.3. The molecule has 0 atom stereocenters. The molecule has 1 saturated heterocycles. The lowest BCUT2D eigenvalue weighted by molar-refractivity contribution is 0.199. The van der Waals surface area contributed by atoms with E-state index in [4.69, 9.17) is 9.47 Å². The van der Waals surface area contributed by atoms with Crippen LogP contribution in [0.3, 0.4) is 0 Å². The third kappa shape index (κ3) is 47.6. The normalized spacial score (nSPS) is 15.2. The zero-order valence-electron chi connectivity index (χ0n) is 39.4. The Bertz CT molecular complexity index is 868. The van der Waals surface area contributed by atoms with E-state index >= 15 is 0 Å². The van der Waals surface area contributed by atoms with Crippen molar-refractivity contribution in [2.24, 2.45) is 5.10 Å². The molecule has 0 N–H and O–H groups in total. The molecule has 0 aromatic heterocycles. The minimum atomic E-state index is 0.130. The van der Waals surface area contributed by atoms with E-state index in [0.717, 1.165) is 71.0 Å². The van der Waals surface area contributed by atoms with Crippen molar-refractivity contribution >= 4 is 11.7 Å². The number of amides is 2. The first-order valence-electron chi connectivity index (χ1n) is 20.6.